The lowest BCUT2D eigenvalue weighted by atomic mass is 9.67. The van der Waals surface area contributed by atoms with E-state index in [1.807, 2.05) is 47.4 Å². The van der Waals surface area contributed by atoms with Gasteiger partial charge in [-0.05, 0) is 68.8 Å². The van der Waals surface area contributed by atoms with Gasteiger partial charge in [-0.1, -0.05) is 55.0 Å². The molecule has 1 N–H and O–H groups in total. The Kier molecular flexibility index (Phi) is 7.01. The molecule has 0 amide bonds. The van der Waals surface area contributed by atoms with Crippen molar-refractivity contribution in [1.29, 1.82) is 0 Å². The van der Waals surface area contributed by atoms with Crippen molar-refractivity contribution in [2.45, 2.75) is 50.2 Å². The molecular weight excluding hydrogens is 429 g/mol. The predicted molar refractivity (Wildman–Crippen MR) is 122 cm³/mol. The molecule has 1 aromatic carbocycles. The topological polar surface area (TPSA) is 41.6 Å². The number of carbonyl (C=O) groups excluding carboxylic acids is 1. The minimum Gasteiger partial charge on any atom is -0.467 e. The summed E-state index contributed by atoms with van der Waals surface area (Å²) in [4.78, 5) is 14.6. The summed E-state index contributed by atoms with van der Waals surface area (Å²) < 4.78 is 45.6. The van der Waals surface area contributed by atoms with E-state index in [0.29, 0.717) is 38.4 Å². The number of esters is 1. The van der Waals surface area contributed by atoms with Gasteiger partial charge in [0.1, 0.15) is 5.54 Å². The molecule has 1 saturated carbocycles. The maximum absolute atomic E-state index is 13.5. The van der Waals surface area contributed by atoms with Gasteiger partial charge in [0.15, 0.2) is 0 Å². The number of piperidine rings is 1. The molecule has 0 spiro atoms. The Labute approximate surface area is 193 Å². The van der Waals surface area contributed by atoms with E-state index in [-0.39, 0.29) is 25.4 Å². The van der Waals surface area contributed by atoms with Crippen LogP contribution in [0.15, 0.2) is 48.6 Å². The van der Waals surface area contributed by atoms with Crippen LogP contribution < -0.4 is 5.32 Å². The van der Waals surface area contributed by atoms with Gasteiger partial charge in [0.05, 0.1) is 12.5 Å². The number of nitrogens with one attached hydrogen (secondary N) is 1. The molecule has 0 bridgehead atoms. The van der Waals surface area contributed by atoms with Crippen molar-refractivity contribution in [2.24, 2.45) is 11.3 Å². The third-order valence-electron chi connectivity index (χ3n) is 7.70. The number of hydrogen-bond acceptors (Lipinski definition) is 4. The molecule has 1 heterocycles. The summed E-state index contributed by atoms with van der Waals surface area (Å²) in [6, 6.07) is 10.0. The first-order valence-corrected chi connectivity index (χ1v) is 11.8. The lowest BCUT2D eigenvalue weighted by molar-refractivity contribution is -0.256. The Morgan fingerprint density at radius 2 is 1.88 bits per heavy atom. The number of rotatable bonds is 7. The second-order valence-electron chi connectivity index (χ2n) is 9.76. The molecule has 2 aliphatic carbocycles. The number of alkyl halides is 3. The largest absolute Gasteiger partial charge is 0.467 e. The molecule has 1 aliphatic heterocycles. The zero-order valence-corrected chi connectivity index (χ0v) is 19.2. The summed E-state index contributed by atoms with van der Waals surface area (Å²) in [6.45, 7) is 2.09. The van der Waals surface area contributed by atoms with Crippen LogP contribution >= 0.6 is 0 Å². The monoisotopic (exact) mass is 462 g/mol. The van der Waals surface area contributed by atoms with E-state index < -0.39 is 17.1 Å². The molecule has 4 rings (SSSR count). The van der Waals surface area contributed by atoms with Gasteiger partial charge in [-0.15, -0.1) is 0 Å². The Morgan fingerprint density at radius 1 is 1.18 bits per heavy atom. The van der Waals surface area contributed by atoms with Gasteiger partial charge in [0.25, 0.3) is 0 Å². The molecule has 180 valence electrons. The molecule has 1 aromatic rings. The lowest BCUT2D eigenvalue weighted by Crippen LogP contribution is -2.55. The Balaban J connectivity index is 1.32. The average Bonchev–Trinajstić information content (AvgIpc) is 2.80. The number of halogens is 3. The van der Waals surface area contributed by atoms with E-state index in [0.717, 1.165) is 24.0 Å². The first-order chi connectivity index (χ1) is 15.8. The van der Waals surface area contributed by atoms with Gasteiger partial charge in [-0.3, -0.25) is 5.32 Å². The lowest BCUT2D eigenvalue weighted by Gasteiger charge is -2.47. The Morgan fingerprint density at radius 3 is 2.39 bits per heavy atom. The molecule has 4 nitrogen and oxygen atoms in total. The van der Waals surface area contributed by atoms with Crippen LogP contribution in [-0.2, 0) is 9.53 Å². The van der Waals surface area contributed by atoms with Gasteiger partial charge >= 0.3 is 12.1 Å². The molecule has 1 saturated heterocycles. The quantitative estimate of drug-likeness (QED) is 0.581. The maximum atomic E-state index is 13.5. The summed E-state index contributed by atoms with van der Waals surface area (Å²) in [6.07, 6.45) is 5.11. The van der Waals surface area contributed by atoms with Crippen molar-refractivity contribution in [3.63, 3.8) is 0 Å². The third kappa shape index (κ3) is 5.04. The second-order valence-corrected chi connectivity index (χ2v) is 9.76. The SMILES string of the molecule is COC(=O)C1(NCC2CCN(CC3(C(F)(F)F)CCC3)CC2)C=CC(c2ccccc2)=CC1. The van der Waals surface area contributed by atoms with E-state index in [2.05, 4.69) is 11.4 Å². The van der Waals surface area contributed by atoms with Crippen LogP contribution in [0.25, 0.3) is 5.57 Å². The van der Waals surface area contributed by atoms with Crippen LogP contribution in [0.5, 0.6) is 0 Å². The fourth-order valence-electron chi connectivity index (χ4n) is 5.26. The number of hydrogen-bond donors (Lipinski definition) is 1. The van der Waals surface area contributed by atoms with Gasteiger partial charge in [0, 0.05) is 6.54 Å². The van der Waals surface area contributed by atoms with E-state index in [1.165, 1.54) is 7.11 Å². The second kappa shape index (κ2) is 9.63. The van der Waals surface area contributed by atoms with Gasteiger partial charge in [-0.25, -0.2) is 4.79 Å². The van der Waals surface area contributed by atoms with E-state index >= 15 is 0 Å². The fraction of sp³-hybridized carbons (Fsp3) is 0.577. The molecule has 3 aliphatic rings. The van der Waals surface area contributed by atoms with Crippen LogP contribution in [0.2, 0.25) is 0 Å². The zero-order chi connectivity index (χ0) is 23.5. The van der Waals surface area contributed by atoms with E-state index in [9.17, 15) is 18.0 Å². The first kappa shape index (κ1) is 24.0. The number of allylic oxidation sites excluding steroid dienone is 2. The molecule has 7 heteroatoms. The molecule has 0 radical (unpaired) electrons. The summed E-state index contributed by atoms with van der Waals surface area (Å²) in [5, 5.41) is 3.43. The molecule has 2 fully saturated rings. The molecular formula is C26H33F3N2O2. The fourth-order valence-corrected chi connectivity index (χ4v) is 5.26. The normalized spacial score (nSPS) is 25.9. The summed E-state index contributed by atoms with van der Waals surface area (Å²) in [5.74, 6) is -0.00411. The van der Waals surface area contributed by atoms with Crippen molar-refractivity contribution in [2.75, 3.05) is 33.3 Å². The number of methoxy groups -OCH3 is 1. The maximum Gasteiger partial charge on any atom is 0.395 e. The average molecular weight is 463 g/mol. The van der Waals surface area contributed by atoms with Crippen molar-refractivity contribution in [3.8, 4) is 0 Å². The molecule has 0 aromatic heterocycles. The molecule has 33 heavy (non-hydrogen) atoms. The van der Waals surface area contributed by atoms with Crippen LogP contribution in [0.3, 0.4) is 0 Å². The number of ether oxygens (including phenoxy) is 1. The van der Waals surface area contributed by atoms with Crippen LogP contribution in [0.1, 0.15) is 44.1 Å². The van der Waals surface area contributed by atoms with Crippen molar-refractivity contribution in [3.05, 3.63) is 54.1 Å². The summed E-state index contributed by atoms with van der Waals surface area (Å²) in [7, 11) is 1.39. The smallest absolute Gasteiger partial charge is 0.395 e. The summed E-state index contributed by atoms with van der Waals surface area (Å²) in [5.41, 5.74) is -0.235. The standard InChI is InChI=1S/C26H33F3N2O2/c1-33-23(32)25(14-8-22(9-15-25)21-6-3-2-4-7-21)30-18-20-10-16-31(17-11-20)19-24(12-5-13-24)26(27,28)29/h2-4,6-9,14,20,30H,5,10-13,15-19H2,1H3. The number of likely N-dealkylation sites (tertiary alicyclic amines) is 1. The van der Waals surface area contributed by atoms with E-state index in [4.69, 9.17) is 4.74 Å². The van der Waals surface area contributed by atoms with Gasteiger partial charge in [0.2, 0.25) is 0 Å². The van der Waals surface area contributed by atoms with Gasteiger partial charge < -0.3 is 9.64 Å². The highest BCUT2D eigenvalue weighted by atomic mass is 19.4. The number of nitrogens with zero attached hydrogens (tertiary/aromatic N) is 1. The molecule has 1 unspecified atom stereocenters. The number of carbonyl (C=O) groups is 1. The van der Waals surface area contributed by atoms with Crippen LogP contribution in [0.4, 0.5) is 13.2 Å². The number of benzene rings is 1. The van der Waals surface area contributed by atoms with Crippen LogP contribution in [0, 0.1) is 11.3 Å². The van der Waals surface area contributed by atoms with Crippen molar-refractivity contribution >= 4 is 11.5 Å². The minimum absolute atomic E-state index is 0.124. The Hall–Kier alpha value is -2.12. The first-order valence-electron chi connectivity index (χ1n) is 11.8. The molecule has 1 atom stereocenters. The van der Waals surface area contributed by atoms with Crippen LogP contribution in [-0.4, -0.2) is 55.9 Å². The Bertz CT molecular complexity index is 885. The van der Waals surface area contributed by atoms with Crippen molar-refractivity contribution < 1.29 is 22.7 Å². The highest BCUT2D eigenvalue weighted by Gasteiger charge is 2.58. The third-order valence-corrected chi connectivity index (χ3v) is 7.70. The van der Waals surface area contributed by atoms with Crippen molar-refractivity contribution in [1.82, 2.24) is 10.2 Å². The minimum atomic E-state index is -4.12. The summed E-state index contributed by atoms with van der Waals surface area (Å²) >= 11 is 0. The highest BCUT2D eigenvalue weighted by Crippen LogP contribution is 2.53. The highest BCUT2D eigenvalue weighted by molar-refractivity contribution is 5.87. The van der Waals surface area contributed by atoms with Gasteiger partial charge in [-0.2, -0.15) is 13.2 Å². The zero-order valence-electron chi connectivity index (χ0n) is 19.2. The van der Waals surface area contributed by atoms with E-state index in [1.54, 1.807) is 0 Å². The predicted octanol–water partition coefficient (Wildman–Crippen LogP) is 4.98.